The van der Waals surface area contributed by atoms with E-state index in [1.165, 1.54) is 50.2 Å². The molecule has 0 spiro atoms. The van der Waals surface area contributed by atoms with Gasteiger partial charge in [-0.2, -0.15) is 11.8 Å². The Morgan fingerprint density at radius 3 is 2.62 bits per heavy atom. The zero-order valence-electron chi connectivity index (χ0n) is 8.67. The molecule has 0 N–H and O–H groups in total. The lowest BCUT2D eigenvalue weighted by molar-refractivity contribution is 0.216. The maximum Gasteiger partial charge on any atom is 0.00923 e. The lowest BCUT2D eigenvalue weighted by atomic mass is 10.1. The second-order valence-corrected chi connectivity index (χ2v) is 5.76. The molecule has 0 amide bonds. The van der Waals surface area contributed by atoms with Crippen LogP contribution in [0.15, 0.2) is 0 Å². The Morgan fingerprint density at radius 2 is 2.00 bits per heavy atom. The maximum absolute atomic E-state index is 2.63. The quantitative estimate of drug-likeness (QED) is 0.687. The molecule has 0 aromatic rings. The van der Waals surface area contributed by atoms with Crippen LogP contribution in [-0.2, 0) is 0 Å². The molecular formula is C11H21NS. The lowest BCUT2D eigenvalue weighted by Gasteiger charge is -2.26. The van der Waals surface area contributed by atoms with E-state index in [4.69, 9.17) is 0 Å². The van der Waals surface area contributed by atoms with Crippen molar-refractivity contribution in [3.05, 3.63) is 0 Å². The molecule has 0 bridgehead atoms. The summed E-state index contributed by atoms with van der Waals surface area (Å²) in [6, 6.07) is 0.922. The number of rotatable bonds is 3. The lowest BCUT2D eigenvalue weighted by Crippen LogP contribution is -2.33. The molecule has 2 aliphatic rings. The third kappa shape index (κ3) is 2.63. The Hall–Kier alpha value is 0.310. The summed E-state index contributed by atoms with van der Waals surface area (Å²) < 4.78 is 0. The van der Waals surface area contributed by atoms with Gasteiger partial charge >= 0.3 is 0 Å². The molecule has 1 nitrogen and oxygen atoms in total. The molecule has 0 aromatic heterocycles. The van der Waals surface area contributed by atoms with Gasteiger partial charge in [-0.15, -0.1) is 0 Å². The Kier molecular flexibility index (Phi) is 3.56. The van der Waals surface area contributed by atoms with Gasteiger partial charge in [0.25, 0.3) is 0 Å². The van der Waals surface area contributed by atoms with Crippen molar-refractivity contribution >= 4 is 11.8 Å². The van der Waals surface area contributed by atoms with Crippen molar-refractivity contribution in [3.8, 4) is 0 Å². The van der Waals surface area contributed by atoms with Crippen LogP contribution < -0.4 is 0 Å². The largest absolute Gasteiger partial charge is 0.303 e. The average Bonchev–Trinajstić information content (AvgIpc) is 2.74. The molecule has 1 aliphatic heterocycles. The molecule has 76 valence electrons. The summed E-state index contributed by atoms with van der Waals surface area (Å²) in [5, 5.41) is 0. The zero-order chi connectivity index (χ0) is 9.10. The molecule has 1 aliphatic carbocycles. The minimum absolute atomic E-state index is 0.922. The third-order valence-electron chi connectivity index (χ3n) is 3.52. The number of hydrogen-bond donors (Lipinski definition) is 0. The maximum atomic E-state index is 2.63. The van der Waals surface area contributed by atoms with E-state index in [1.54, 1.807) is 0 Å². The molecular weight excluding hydrogens is 178 g/mol. The van der Waals surface area contributed by atoms with E-state index in [0.29, 0.717) is 0 Å². The van der Waals surface area contributed by atoms with Gasteiger partial charge in [-0.05, 0) is 43.7 Å². The zero-order valence-corrected chi connectivity index (χ0v) is 9.48. The highest BCUT2D eigenvalue weighted by Gasteiger charge is 2.23. The van der Waals surface area contributed by atoms with Crippen molar-refractivity contribution in [3.63, 3.8) is 0 Å². The molecule has 1 saturated heterocycles. The SMILES string of the molecule is CN(CC1CCSC1)C1CCCC1. The standard InChI is InChI=1S/C11H21NS/c1-12(11-4-2-3-5-11)8-10-6-7-13-9-10/h10-11H,2-9H2,1H3. The van der Waals surface area contributed by atoms with Gasteiger partial charge in [-0.3, -0.25) is 0 Å². The second kappa shape index (κ2) is 4.70. The summed E-state index contributed by atoms with van der Waals surface area (Å²) in [7, 11) is 2.33. The highest BCUT2D eigenvalue weighted by Crippen LogP contribution is 2.27. The number of thioether (sulfide) groups is 1. The fourth-order valence-corrected chi connectivity index (χ4v) is 3.90. The van der Waals surface area contributed by atoms with E-state index in [9.17, 15) is 0 Å². The van der Waals surface area contributed by atoms with Gasteiger partial charge in [-0.25, -0.2) is 0 Å². The molecule has 2 rings (SSSR count). The monoisotopic (exact) mass is 199 g/mol. The Labute approximate surface area is 86.3 Å². The molecule has 1 atom stereocenters. The first kappa shape index (κ1) is 9.85. The first-order valence-corrected chi connectivity index (χ1v) is 6.79. The van der Waals surface area contributed by atoms with Crippen LogP contribution in [-0.4, -0.2) is 36.0 Å². The van der Waals surface area contributed by atoms with Crippen LogP contribution >= 0.6 is 11.8 Å². The van der Waals surface area contributed by atoms with Gasteiger partial charge in [0.15, 0.2) is 0 Å². The minimum atomic E-state index is 0.922. The van der Waals surface area contributed by atoms with E-state index >= 15 is 0 Å². The molecule has 2 heteroatoms. The van der Waals surface area contributed by atoms with Crippen molar-refractivity contribution in [2.75, 3.05) is 25.1 Å². The molecule has 1 unspecified atom stereocenters. The Bertz CT molecular complexity index is 148. The van der Waals surface area contributed by atoms with Gasteiger partial charge in [0.1, 0.15) is 0 Å². The number of nitrogens with zero attached hydrogens (tertiary/aromatic N) is 1. The smallest absolute Gasteiger partial charge is 0.00923 e. The molecule has 2 fully saturated rings. The van der Waals surface area contributed by atoms with Crippen LogP contribution in [0.4, 0.5) is 0 Å². The molecule has 13 heavy (non-hydrogen) atoms. The predicted molar refractivity (Wildman–Crippen MR) is 60.3 cm³/mol. The van der Waals surface area contributed by atoms with Crippen LogP contribution in [0.1, 0.15) is 32.1 Å². The summed E-state index contributed by atoms with van der Waals surface area (Å²) in [6.07, 6.45) is 7.30. The fraction of sp³-hybridized carbons (Fsp3) is 1.00. The van der Waals surface area contributed by atoms with Crippen LogP contribution in [0.3, 0.4) is 0 Å². The van der Waals surface area contributed by atoms with Crippen molar-refractivity contribution in [1.29, 1.82) is 0 Å². The minimum Gasteiger partial charge on any atom is -0.303 e. The van der Waals surface area contributed by atoms with Crippen molar-refractivity contribution < 1.29 is 0 Å². The molecule has 1 saturated carbocycles. The van der Waals surface area contributed by atoms with Crippen LogP contribution in [0, 0.1) is 5.92 Å². The van der Waals surface area contributed by atoms with E-state index < -0.39 is 0 Å². The van der Waals surface area contributed by atoms with Crippen LogP contribution in [0.25, 0.3) is 0 Å². The van der Waals surface area contributed by atoms with E-state index in [-0.39, 0.29) is 0 Å². The van der Waals surface area contributed by atoms with Gasteiger partial charge < -0.3 is 4.90 Å². The second-order valence-electron chi connectivity index (χ2n) is 4.61. The first-order chi connectivity index (χ1) is 6.36. The van der Waals surface area contributed by atoms with Crippen molar-refractivity contribution in [1.82, 2.24) is 4.90 Å². The summed E-state index contributed by atoms with van der Waals surface area (Å²) >= 11 is 2.14. The molecule has 0 radical (unpaired) electrons. The normalized spacial score (nSPS) is 30.5. The molecule has 1 heterocycles. The predicted octanol–water partition coefficient (Wildman–Crippen LogP) is 2.61. The van der Waals surface area contributed by atoms with E-state index in [0.717, 1.165) is 12.0 Å². The summed E-state index contributed by atoms with van der Waals surface area (Å²) in [5.41, 5.74) is 0. The Balaban J connectivity index is 1.73. The van der Waals surface area contributed by atoms with Gasteiger partial charge in [0.2, 0.25) is 0 Å². The molecule has 0 aromatic carbocycles. The topological polar surface area (TPSA) is 3.24 Å². The third-order valence-corrected chi connectivity index (χ3v) is 4.75. The van der Waals surface area contributed by atoms with Crippen LogP contribution in [0.5, 0.6) is 0 Å². The Morgan fingerprint density at radius 1 is 1.23 bits per heavy atom. The summed E-state index contributed by atoms with van der Waals surface area (Å²) in [4.78, 5) is 2.63. The van der Waals surface area contributed by atoms with Gasteiger partial charge in [0, 0.05) is 12.6 Å². The summed E-state index contributed by atoms with van der Waals surface area (Å²) in [5.74, 6) is 3.82. The van der Waals surface area contributed by atoms with E-state index in [2.05, 4.69) is 23.7 Å². The highest BCUT2D eigenvalue weighted by atomic mass is 32.2. The summed E-state index contributed by atoms with van der Waals surface area (Å²) in [6.45, 7) is 1.36. The van der Waals surface area contributed by atoms with Crippen molar-refractivity contribution in [2.45, 2.75) is 38.1 Å². The number of hydrogen-bond acceptors (Lipinski definition) is 2. The average molecular weight is 199 g/mol. The fourth-order valence-electron chi connectivity index (χ4n) is 2.63. The van der Waals surface area contributed by atoms with Gasteiger partial charge in [-0.1, -0.05) is 12.8 Å². The van der Waals surface area contributed by atoms with E-state index in [1.807, 2.05) is 0 Å². The van der Waals surface area contributed by atoms with Crippen molar-refractivity contribution in [2.24, 2.45) is 5.92 Å². The van der Waals surface area contributed by atoms with Crippen LogP contribution in [0.2, 0.25) is 0 Å². The first-order valence-electron chi connectivity index (χ1n) is 5.64. The highest BCUT2D eigenvalue weighted by molar-refractivity contribution is 7.99. The van der Waals surface area contributed by atoms with Gasteiger partial charge in [0.05, 0.1) is 0 Å².